The van der Waals surface area contributed by atoms with Crippen molar-refractivity contribution in [2.75, 3.05) is 29.5 Å². The summed E-state index contributed by atoms with van der Waals surface area (Å²) < 4.78 is 21.8. The highest BCUT2D eigenvalue weighted by molar-refractivity contribution is 8.77. The van der Waals surface area contributed by atoms with Gasteiger partial charge in [-0.1, -0.05) is 28.5 Å². The molecule has 5 heterocycles. The Kier molecular flexibility index (Phi) is 9.50. The number of fused-ring (bicyclic) bond motifs is 5. The summed E-state index contributed by atoms with van der Waals surface area (Å²) in [6.07, 6.45) is 0.0504. The number of carboxylic acid groups (broad SMARTS) is 1. The number of aromatic nitrogens is 5. The number of ether oxygens (including phenoxy) is 1. The molecule has 3 aromatic heterocycles. The third-order valence-corrected chi connectivity index (χ3v) is 13.2. The molecule has 0 saturated carbocycles. The molecule has 14 nitrogen and oxygen atoms in total. The van der Waals surface area contributed by atoms with E-state index in [1.165, 1.54) is 6.07 Å². The zero-order valence-corrected chi connectivity index (χ0v) is 31.1. The number of aliphatic hydroxyl groups is 1. The molecular weight excluding hydrogens is 735 g/mol. The van der Waals surface area contributed by atoms with Gasteiger partial charge in [0.25, 0.3) is 5.56 Å². The second-order valence-electron chi connectivity index (χ2n) is 13.5. The SMILES string of the molecule is CC[C@@]1(O)C(=O)OCc2c1cc1n(c2=O)Cc2c-1nc1cc(F)c(C)c3c1c2[C@@H](Nc1nc(Cl)nc(NCCSSC(C)(C)CNC(=O)O)n1)CC3. The van der Waals surface area contributed by atoms with E-state index in [1.807, 2.05) is 13.8 Å². The molecule has 52 heavy (non-hydrogen) atoms. The molecule has 274 valence electrons. The molecule has 1 amide bonds. The molecule has 0 radical (unpaired) electrons. The number of halogens is 2. The smallest absolute Gasteiger partial charge is 0.404 e. The number of nitrogens with one attached hydrogen (secondary N) is 3. The number of nitrogens with zero attached hydrogens (tertiary/aromatic N) is 5. The Balaban J connectivity index is 1.20. The van der Waals surface area contributed by atoms with Gasteiger partial charge in [0.15, 0.2) is 5.60 Å². The standard InChI is InChI=1S/C34H36ClFN8O6S2/c1-5-34(49)19-10-23-26-17(12-44(23)27(45)18(19)13-50-28(34)46)25-21(7-6-16-15(2)20(36)11-22(39-26)24(16)25)40-31-42-29(35)41-30(43-31)37-8-9-51-52-33(3,4)14-38-32(47)48/h10-11,21,38,49H,5-9,12-14H2,1-4H3,(H,47,48)(H2,37,40,41,42,43)/t21-,34-/m0/s1. The highest BCUT2D eigenvalue weighted by Crippen LogP contribution is 2.46. The summed E-state index contributed by atoms with van der Waals surface area (Å²) >= 11 is 6.36. The topological polar surface area (TPSA) is 193 Å². The highest BCUT2D eigenvalue weighted by atomic mass is 35.5. The highest BCUT2D eigenvalue weighted by Gasteiger charge is 2.46. The summed E-state index contributed by atoms with van der Waals surface area (Å²) in [5.41, 5.74) is 2.35. The Morgan fingerprint density at radius 1 is 1.17 bits per heavy atom. The number of aryl methyl sites for hydroxylation is 1. The molecule has 0 fully saturated rings. The molecule has 0 unspecified atom stereocenters. The minimum Gasteiger partial charge on any atom is -0.465 e. The molecule has 4 aromatic rings. The molecule has 5 N–H and O–H groups in total. The van der Waals surface area contributed by atoms with Gasteiger partial charge in [-0.05, 0) is 74.4 Å². The first-order chi connectivity index (χ1) is 24.7. The van der Waals surface area contributed by atoms with E-state index in [4.69, 9.17) is 26.4 Å². The second kappa shape index (κ2) is 13.7. The number of pyridine rings is 2. The number of esters is 1. The van der Waals surface area contributed by atoms with Crippen LogP contribution in [0.25, 0.3) is 22.3 Å². The van der Waals surface area contributed by atoms with Crippen LogP contribution >= 0.6 is 33.2 Å². The summed E-state index contributed by atoms with van der Waals surface area (Å²) in [5, 5.41) is 30.0. The van der Waals surface area contributed by atoms with Crippen LogP contribution in [0.15, 0.2) is 16.9 Å². The molecule has 0 saturated heterocycles. The number of carbonyl (C=O) groups is 2. The largest absolute Gasteiger partial charge is 0.465 e. The quantitative estimate of drug-likeness (QED) is 0.0660. The summed E-state index contributed by atoms with van der Waals surface area (Å²) in [6, 6.07) is 2.67. The van der Waals surface area contributed by atoms with Crippen molar-refractivity contribution < 1.29 is 28.9 Å². The maximum atomic E-state index is 15.3. The number of benzene rings is 1. The molecule has 2 atom stereocenters. The van der Waals surface area contributed by atoms with Crippen molar-refractivity contribution in [2.45, 2.75) is 76.5 Å². The van der Waals surface area contributed by atoms with E-state index >= 15 is 4.39 Å². The summed E-state index contributed by atoms with van der Waals surface area (Å²) in [7, 11) is 3.15. The predicted molar refractivity (Wildman–Crippen MR) is 197 cm³/mol. The van der Waals surface area contributed by atoms with Gasteiger partial charge in [0.1, 0.15) is 12.4 Å². The van der Waals surface area contributed by atoms with Crippen LogP contribution in [0.3, 0.4) is 0 Å². The van der Waals surface area contributed by atoms with Crippen molar-refractivity contribution in [1.29, 1.82) is 0 Å². The van der Waals surface area contributed by atoms with Crippen molar-refractivity contribution in [3.8, 4) is 11.4 Å². The van der Waals surface area contributed by atoms with Gasteiger partial charge in [0.05, 0.1) is 35.1 Å². The van der Waals surface area contributed by atoms with Gasteiger partial charge in [0.2, 0.25) is 17.2 Å². The van der Waals surface area contributed by atoms with E-state index in [0.29, 0.717) is 54.2 Å². The maximum absolute atomic E-state index is 15.3. The lowest BCUT2D eigenvalue weighted by Gasteiger charge is -2.31. The molecule has 18 heteroatoms. The van der Waals surface area contributed by atoms with Crippen LogP contribution in [0.4, 0.5) is 21.1 Å². The summed E-state index contributed by atoms with van der Waals surface area (Å²) in [5.74, 6) is -0.0291. The van der Waals surface area contributed by atoms with Gasteiger partial charge in [-0.15, -0.1) is 0 Å². The Morgan fingerprint density at radius 2 is 1.94 bits per heavy atom. The first-order valence-corrected chi connectivity index (χ1v) is 19.4. The monoisotopic (exact) mass is 770 g/mol. The van der Waals surface area contributed by atoms with E-state index in [-0.39, 0.29) is 70.0 Å². The second-order valence-corrected chi connectivity index (χ2v) is 17.0. The van der Waals surface area contributed by atoms with Crippen LogP contribution in [-0.2, 0) is 34.7 Å². The molecule has 7 rings (SSSR count). The number of hydrogen-bond acceptors (Lipinski definition) is 13. The van der Waals surface area contributed by atoms with Crippen molar-refractivity contribution in [1.82, 2.24) is 29.8 Å². The summed E-state index contributed by atoms with van der Waals surface area (Å²) in [4.78, 5) is 55.5. The average Bonchev–Trinajstić information content (AvgIpc) is 3.47. The van der Waals surface area contributed by atoms with Gasteiger partial charge in [-0.3, -0.25) is 4.79 Å². The predicted octanol–water partition coefficient (Wildman–Crippen LogP) is 5.30. The van der Waals surface area contributed by atoms with Crippen LogP contribution in [0, 0.1) is 12.7 Å². The number of anilines is 2. The molecular formula is C34H36ClFN8O6S2. The Morgan fingerprint density at radius 3 is 2.69 bits per heavy atom. The first-order valence-electron chi connectivity index (χ1n) is 16.7. The zero-order valence-electron chi connectivity index (χ0n) is 28.7. The van der Waals surface area contributed by atoms with Gasteiger partial charge < -0.3 is 35.5 Å². The van der Waals surface area contributed by atoms with Gasteiger partial charge >= 0.3 is 12.1 Å². The Bertz CT molecular complexity index is 2220. The van der Waals surface area contributed by atoms with Crippen molar-refractivity contribution in [2.24, 2.45) is 0 Å². The van der Waals surface area contributed by atoms with Crippen LogP contribution in [0.5, 0.6) is 0 Å². The fourth-order valence-corrected chi connectivity index (χ4v) is 9.59. The number of hydrogen-bond donors (Lipinski definition) is 5. The van der Waals surface area contributed by atoms with Crippen LogP contribution in [0.2, 0.25) is 5.28 Å². The van der Waals surface area contributed by atoms with Gasteiger partial charge in [0, 0.05) is 46.2 Å². The maximum Gasteiger partial charge on any atom is 0.404 e. The van der Waals surface area contributed by atoms with Crippen molar-refractivity contribution in [3.05, 3.63) is 67.0 Å². The zero-order chi connectivity index (χ0) is 37.1. The lowest BCUT2D eigenvalue weighted by molar-refractivity contribution is -0.172. The minimum absolute atomic E-state index is 0.0124. The summed E-state index contributed by atoms with van der Waals surface area (Å²) in [6.45, 7) is 8.04. The van der Waals surface area contributed by atoms with Crippen LogP contribution < -0.4 is 21.5 Å². The van der Waals surface area contributed by atoms with E-state index in [9.17, 15) is 19.5 Å². The first kappa shape index (κ1) is 36.2. The van der Waals surface area contributed by atoms with E-state index in [0.717, 1.165) is 22.1 Å². The minimum atomic E-state index is -1.98. The van der Waals surface area contributed by atoms with E-state index in [1.54, 1.807) is 46.1 Å². The van der Waals surface area contributed by atoms with Crippen LogP contribution in [0.1, 0.15) is 73.0 Å². The van der Waals surface area contributed by atoms with Gasteiger partial charge in [-0.25, -0.2) is 19.0 Å². The molecule has 1 aliphatic carbocycles. The van der Waals surface area contributed by atoms with E-state index in [2.05, 4.69) is 30.9 Å². The number of amides is 1. The molecule has 0 spiro atoms. The Hall–Kier alpha value is -4.19. The van der Waals surface area contributed by atoms with Crippen LogP contribution in [-0.4, -0.2) is 70.4 Å². The fourth-order valence-electron chi connectivity index (χ4n) is 7.07. The molecule has 2 aliphatic heterocycles. The average molecular weight is 771 g/mol. The third-order valence-electron chi connectivity index (χ3n) is 9.71. The molecule has 0 bridgehead atoms. The number of cyclic esters (lactones) is 1. The van der Waals surface area contributed by atoms with Gasteiger partial charge in [-0.2, -0.15) is 15.0 Å². The molecule has 3 aliphatic rings. The lowest BCUT2D eigenvalue weighted by atomic mass is 9.81. The fraction of sp³-hybridized carbons (Fsp3) is 0.441. The number of carbonyl (C=O) groups excluding carboxylic acids is 1. The lowest BCUT2D eigenvalue weighted by Crippen LogP contribution is -2.44. The molecule has 1 aromatic carbocycles. The third kappa shape index (κ3) is 6.41. The number of rotatable bonds is 11. The normalized spacial score (nSPS) is 18.8. The van der Waals surface area contributed by atoms with E-state index < -0.39 is 17.7 Å². The Labute approximate surface area is 310 Å². The van der Waals surface area contributed by atoms with Crippen molar-refractivity contribution in [3.63, 3.8) is 0 Å². The van der Waals surface area contributed by atoms with Crippen molar-refractivity contribution >= 4 is 68.1 Å².